The van der Waals surface area contributed by atoms with Crippen molar-refractivity contribution >= 4 is 44.5 Å². The van der Waals surface area contributed by atoms with Gasteiger partial charge in [0.05, 0.1) is 54.8 Å². The lowest BCUT2D eigenvalue weighted by Crippen LogP contribution is -2.48. The number of allylic oxidation sites excluding steroid dienone is 1. The number of ether oxygens (including phenoxy) is 4. The van der Waals surface area contributed by atoms with Crippen molar-refractivity contribution in [2.24, 2.45) is 28.6 Å². The van der Waals surface area contributed by atoms with Crippen molar-refractivity contribution in [1.82, 2.24) is 14.6 Å². The number of hydrogen-bond donors (Lipinski definition) is 1. The fraction of sp³-hybridized carbons (Fsp3) is 0.562. The minimum absolute atomic E-state index is 0.0440. The van der Waals surface area contributed by atoms with E-state index in [1.165, 1.54) is 0 Å². The van der Waals surface area contributed by atoms with Crippen molar-refractivity contribution in [3.8, 4) is 23.1 Å². The zero-order chi connectivity index (χ0) is 43.8. The van der Waals surface area contributed by atoms with E-state index in [4.69, 9.17) is 23.9 Å². The van der Waals surface area contributed by atoms with Gasteiger partial charge in [-0.1, -0.05) is 57.4 Å². The summed E-state index contributed by atoms with van der Waals surface area (Å²) in [4.78, 5) is 63.9. The fourth-order valence-corrected chi connectivity index (χ4v) is 11.2. The van der Waals surface area contributed by atoms with E-state index in [-0.39, 0.29) is 67.7 Å². The number of sulfonamides is 1. The first-order valence-electron chi connectivity index (χ1n) is 22.3. The highest BCUT2D eigenvalue weighted by Gasteiger charge is 2.61. The Kier molecular flexibility index (Phi) is 12.4. The number of esters is 1. The van der Waals surface area contributed by atoms with Gasteiger partial charge in [0.15, 0.2) is 5.78 Å². The van der Waals surface area contributed by atoms with Crippen molar-refractivity contribution in [3.63, 3.8) is 0 Å². The van der Waals surface area contributed by atoms with E-state index in [1.54, 1.807) is 24.2 Å². The van der Waals surface area contributed by atoms with Crippen LogP contribution in [0.1, 0.15) is 103 Å². The number of methoxy groups -OCH3 is 1. The van der Waals surface area contributed by atoms with Gasteiger partial charge >= 0.3 is 5.97 Å². The number of benzene rings is 2. The van der Waals surface area contributed by atoms with E-state index < -0.39 is 56.5 Å². The van der Waals surface area contributed by atoms with Crippen molar-refractivity contribution < 1.29 is 46.5 Å². The Morgan fingerprint density at radius 3 is 2.48 bits per heavy atom. The molecule has 0 unspecified atom stereocenters. The quantitative estimate of drug-likeness (QED) is 0.149. The second-order valence-electron chi connectivity index (χ2n) is 18.9. The lowest BCUT2D eigenvalue weighted by Gasteiger charge is -2.34. The Morgan fingerprint density at radius 2 is 1.79 bits per heavy atom. The van der Waals surface area contributed by atoms with Gasteiger partial charge in [0, 0.05) is 30.4 Å². The molecule has 1 saturated heterocycles. The second kappa shape index (κ2) is 17.7. The predicted octanol–water partition coefficient (Wildman–Crippen LogP) is 7.64. The third kappa shape index (κ3) is 9.50. The molecule has 0 spiro atoms. The molecule has 2 aliphatic heterocycles. The molecule has 3 saturated carbocycles. The maximum absolute atomic E-state index is 15.1. The normalized spacial score (nSPS) is 27.0. The van der Waals surface area contributed by atoms with Crippen LogP contribution in [0.25, 0.3) is 10.9 Å². The highest BCUT2D eigenvalue weighted by molar-refractivity contribution is 7.90. The molecule has 3 aromatic rings. The molecule has 3 heterocycles. The Bertz CT molecular complexity index is 2320. The van der Waals surface area contributed by atoms with Gasteiger partial charge in [0.2, 0.25) is 27.7 Å². The van der Waals surface area contributed by atoms with Crippen LogP contribution < -0.4 is 18.9 Å². The first-order chi connectivity index (χ1) is 29.7. The second-order valence-corrected chi connectivity index (χ2v) is 20.9. The van der Waals surface area contributed by atoms with Gasteiger partial charge < -0.3 is 23.8 Å². The number of para-hydroxylation sites is 1. The number of carbonyl (C=O) groups excluding carboxylic acids is 4. The number of nitrogens with zero attached hydrogens (tertiary/aromatic N) is 2. The summed E-state index contributed by atoms with van der Waals surface area (Å²) in [7, 11) is -2.26. The van der Waals surface area contributed by atoms with Gasteiger partial charge in [-0.2, -0.15) is 0 Å². The number of cyclic esters (lactones) is 1. The zero-order valence-electron chi connectivity index (χ0n) is 36.1. The molecule has 4 fully saturated rings. The summed E-state index contributed by atoms with van der Waals surface area (Å²) in [6, 6.07) is 13.9. The van der Waals surface area contributed by atoms with Crippen LogP contribution in [0.2, 0.25) is 0 Å². The van der Waals surface area contributed by atoms with Crippen LogP contribution in [0.15, 0.2) is 61.2 Å². The average molecular weight is 870 g/mol. The molecular weight excluding hydrogens is 811 g/mol. The molecule has 2 amide bonds. The first kappa shape index (κ1) is 43.7. The summed E-state index contributed by atoms with van der Waals surface area (Å²) in [5.41, 5.74) is -0.135. The third-order valence-corrected chi connectivity index (χ3v) is 15.5. The summed E-state index contributed by atoms with van der Waals surface area (Å²) in [6.07, 6.45) is 8.55. The lowest BCUT2D eigenvalue weighted by atomic mass is 9.77. The largest absolute Gasteiger partial charge is 0.496 e. The molecule has 5 aliphatic rings. The minimum atomic E-state index is -3.88. The lowest BCUT2D eigenvalue weighted by molar-refractivity contribution is -0.154. The van der Waals surface area contributed by atoms with Crippen LogP contribution in [0, 0.1) is 28.6 Å². The molecule has 13 nitrogen and oxygen atoms in total. The Morgan fingerprint density at radius 1 is 1.03 bits per heavy atom. The van der Waals surface area contributed by atoms with Gasteiger partial charge in [-0.05, 0) is 92.4 Å². The van der Waals surface area contributed by atoms with Crippen LogP contribution >= 0.6 is 0 Å². The van der Waals surface area contributed by atoms with Crippen LogP contribution in [-0.2, 0) is 40.4 Å². The molecule has 5 atom stereocenters. The van der Waals surface area contributed by atoms with Crippen molar-refractivity contribution in [3.05, 3.63) is 66.7 Å². The molecular formula is C48H59N3O10S. The van der Waals surface area contributed by atoms with E-state index in [2.05, 4.69) is 25.1 Å². The van der Waals surface area contributed by atoms with Crippen LogP contribution in [-0.4, -0.2) is 79.5 Å². The van der Waals surface area contributed by atoms with Crippen LogP contribution in [0.3, 0.4) is 0 Å². The molecule has 1 N–H and O–H groups in total. The smallest absolute Gasteiger partial charge is 0.306 e. The summed E-state index contributed by atoms with van der Waals surface area (Å²) in [6.45, 7) is 8.24. The Hall–Kier alpha value is -4.98. The number of hydrogen-bond acceptors (Lipinski definition) is 11. The highest BCUT2D eigenvalue weighted by atomic mass is 32.2. The van der Waals surface area contributed by atoms with E-state index in [9.17, 15) is 22.8 Å². The van der Waals surface area contributed by atoms with E-state index >= 15 is 4.79 Å². The number of Topliss-reactive ketones (excluding diaryl/α,β-unsaturated/α-hetero) is 1. The molecule has 332 valence electrons. The Labute approximate surface area is 364 Å². The van der Waals surface area contributed by atoms with Gasteiger partial charge in [0.1, 0.15) is 23.4 Å². The number of aromatic nitrogens is 1. The number of ketones is 1. The predicted molar refractivity (Wildman–Crippen MR) is 232 cm³/mol. The summed E-state index contributed by atoms with van der Waals surface area (Å²) < 4.78 is 53.0. The SMILES string of the molecule is C=C[C@@H]1C[C@]1(CC(=O)[C@@H]1C[C@@H]2CN1C(=O)[C@H](C1CCCCC1)CC(=O)OCC(C)(C)CCCc1cc3c(cc(Oc4ccccc4)nc3cc1OC)O2)C(=O)NS(=O)(=O)C1CC1. The van der Waals surface area contributed by atoms with E-state index in [0.717, 1.165) is 50.5 Å². The molecule has 0 radical (unpaired) electrons. The number of aryl methyl sites for hydroxylation is 1. The number of carbonyl (C=O) groups is 4. The van der Waals surface area contributed by atoms with Gasteiger partial charge in [-0.15, -0.1) is 6.58 Å². The number of pyridine rings is 1. The molecule has 2 aromatic carbocycles. The standard InChI is InChI=1S/C48H59N3O10S/c1-5-32-26-48(32,46(55)50-62(56,57)35-18-19-35)27-40(52)39-22-34-28-51(39)45(54)36(30-13-8-6-9-14-30)23-44(53)59-29-47(2,3)20-12-15-31-21-37-38(24-41(31)58-4)49-43(25-42(37)60-34)61-33-16-10-7-11-17-33/h5,7,10-11,16-17,21,24-25,30,32,34-36,39H,1,6,8-9,12-15,18-20,22-23,26-29H2,2-4H3,(H,50,55)/t32-,34-,36+,39+,48-/m1/s1. The van der Waals surface area contributed by atoms with Crippen molar-refractivity contribution in [2.45, 2.75) is 121 Å². The monoisotopic (exact) mass is 869 g/mol. The van der Waals surface area contributed by atoms with Crippen LogP contribution in [0.4, 0.5) is 0 Å². The van der Waals surface area contributed by atoms with Gasteiger partial charge in [-0.3, -0.25) is 23.9 Å². The summed E-state index contributed by atoms with van der Waals surface area (Å²) >= 11 is 0. The van der Waals surface area contributed by atoms with Crippen LogP contribution in [0.5, 0.6) is 23.1 Å². The average Bonchev–Trinajstić information content (AvgIpc) is 4.19. The molecule has 1 aromatic heterocycles. The zero-order valence-corrected chi connectivity index (χ0v) is 36.9. The number of nitrogens with one attached hydrogen (secondary N) is 1. The first-order valence-corrected chi connectivity index (χ1v) is 23.8. The third-order valence-electron chi connectivity index (χ3n) is 13.7. The highest BCUT2D eigenvalue weighted by Crippen LogP contribution is 2.57. The summed E-state index contributed by atoms with van der Waals surface area (Å²) in [5, 5.41) is 0.0939. The molecule has 4 bridgehead atoms. The number of amides is 2. The topological polar surface area (TPSA) is 168 Å². The Balaban J connectivity index is 1.18. The van der Waals surface area contributed by atoms with Gasteiger partial charge in [0.25, 0.3) is 0 Å². The van der Waals surface area contributed by atoms with E-state index in [1.807, 2.05) is 42.5 Å². The maximum atomic E-state index is 15.1. The van der Waals surface area contributed by atoms with E-state index in [0.29, 0.717) is 47.4 Å². The maximum Gasteiger partial charge on any atom is 0.306 e. The number of fused-ring (bicyclic) bond motifs is 3. The number of rotatable bonds is 11. The van der Waals surface area contributed by atoms with Crippen molar-refractivity contribution in [1.29, 1.82) is 0 Å². The molecule has 14 heteroatoms. The molecule has 62 heavy (non-hydrogen) atoms. The summed E-state index contributed by atoms with van der Waals surface area (Å²) in [5.74, 6) is -1.08. The van der Waals surface area contributed by atoms with Crippen molar-refractivity contribution in [2.75, 3.05) is 20.3 Å². The molecule has 8 rings (SSSR count). The molecule has 3 aliphatic carbocycles. The fourth-order valence-electron chi connectivity index (χ4n) is 9.86. The van der Waals surface area contributed by atoms with Gasteiger partial charge in [-0.25, -0.2) is 13.4 Å². The minimum Gasteiger partial charge on any atom is -0.496 e.